The molecule has 1 unspecified atom stereocenters. The van der Waals surface area contributed by atoms with Crippen molar-refractivity contribution in [3.8, 4) is 23.3 Å². The van der Waals surface area contributed by atoms with Gasteiger partial charge in [0.2, 0.25) is 5.69 Å². The molecule has 2 N–H and O–H groups in total. The predicted molar refractivity (Wildman–Crippen MR) is 115 cm³/mol. The number of thioether (sulfide) groups is 1. The number of nitrogens with zero attached hydrogens (tertiary/aromatic N) is 4. The van der Waals surface area contributed by atoms with Crippen molar-refractivity contribution < 1.29 is 4.74 Å². The van der Waals surface area contributed by atoms with Gasteiger partial charge in [-0.15, -0.1) is 5.10 Å². The molecule has 0 aliphatic carbocycles. The van der Waals surface area contributed by atoms with Gasteiger partial charge in [-0.1, -0.05) is 35.0 Å². The van der Waals surface area contributed by atoms with E-state index in [0.29, 0.717) is 5.75 Å². The molecule has 1 aliphatic rings. The zero-order valence-electron chi connectivity index (χ0n) is 15.2. The SMILES string of the molecule is N#Cc1nn(-c2cc(Cl)c(Oc3ccc(=O)n(C4NC=CS4)c3)c(Cl)c2)c(=O)[nH]c1=O. The van der Waals surface area contributed by atoms with Crippen molar-refractivity contribution in [2.45, 2.75) is 5.50 Å². The zero-order chi connectivity index (χ0) is 22.1. The van der Waals surface area contributed by atoms with Crippen LogP contribution in [0.25, 0.3) is 5.69 Å². The Bertz CT molecular complexity index is 1410. The average Bonchev–Trinajstić information content (AvgIpc) is 3.26. The Kier molecular flexibility index (Phi) is 5.60. The summed E-state index contributed by atoms with van der Waals surface area (Å²) in [6, 6.07) is 7.09. The van der Waals surface area contributed by atoms with Crippen LogP contribution >= 0.6 is 35.0 Å². The normalized spacial score (nSPS) is 14.8. The lowest BCUT2D eigenvalue weighted by atomic mass is 10.3. The monoisotopic (exact) mass is 476 g/mol. The molecule has 0 radical (unpaired) electrons. The first-order valence-corrected chi connectivity index (χ1v) is 10.2. The lowest BCUT2D eigenvalue weighted by molar-refractivity contribution is 0.469. The lowest BCUT2D eigenvalue weighted by Gasteiger charge is -2.16. The Hall–Kier alpha value is -3.46. The Labute approximate surface area is 187 Å². The number of nitrogens with one attached hydrogen (secondary N) is 2. The van der Waals surface area contributed by atoms with E-state index in [1.54, 1.807) is 12.3 Å². The molecule has 0 bridgehead atoms. The fraction of sp³-hybridized carbons (Fsp3) is 0.0556. The average molecular weight is 477 g/mol. The van der Waals surface area contributed by atoms with Gasteiger partial charge >= 0.3 is 5.69 Å². The van der Waals surface area contributed by atoms with Gasteiger partial charge < -0.3 is 10.1 Å². The topological polar surface area (TPSA) is 135 Å². The highest BCUT2D eigenvalue weighted by molar-refractivity contribution is 8.02. The highest BCUT2D eigenvalue weighted by Gasteiger charge is 2.17. The number of H-pyrrole nitrogens is 1. The predicted octanol–water partition coefficient (Wildman–Crippen LogP) is 2.32. The largest absolute Gasteiger partial charge is 0.453 e. The molecule has 0 saturated heterocycles. The number of aromatic amines is 1. The molecular formula is C18H10Cl2N6O4S. The van der Waals surface area contributed by atoms with E-state index in [4.69, 9.17) is 33.2 Å². The fourth-order valence-corrected chi connectivity index (χ4v) is 3.99. The summed E-state index contributed by atoms with van der Waals surface area (Å²) in [5.41, 5.74) is -2.69. The van der Waals surface area contributed by atoms with E-state index in [2.05, 4.69) is 10.4 Å². The van der Waals surface area contributed by atoms with Crippen LogP contribution in [0.4, 0.5) is 0 Å². The van der Waals surface area contributed by atoms with Gasteiger partial charge in [0.05, 0.1) is 21.9 Å². The smallest absolute Gasteiger partial charge is 0.349 e. The van der Waals surface area contributed by atoms with E-state index in [1.165, 1.54) is 46.8 Å². The maximum absolute atomic E-state index is 12.1. The molecule has 3 aromatic rings. The van der Waals surface area contributed by atoms with Crippen molar-refractivity contribution in [3.05, 3.63) is 89.0 Å². The summed E-state index contributed by atoms with van der Waals surface area (Å²) in [4.78, 5) is 37.7. The van der Waals surface area contributed by atoms with Crippen molar-refractivity contribution in [1.82, 2.24) is 24.6 Å². The molecule has 31 heavy (non-hydrogen) atoms. The highest BCUT2D eigenvalue weighted by Crippen LogP contribution is 2.38. The van der Waals surface area contributed by atoms with Crippen LogP contribution in [0.1, 0.15) is 11.2 Å². The number of benzene rings is 1. The second kappa shape index (κ2) is 8.35. The first kappa shape index (κ1) is 20.8. The van der Waals surface area contributed by atoms with Crippen LogP contribution in [-0.4, -0.2) is 19.3 Å². The molecule has 13 heteroatoms. The molecule has 0 fully saturated rings. The van der Waals surface area contributed by atoms with Crippen LogP contribution in [-0.2, 0) is 0 Å². The van der Waals surface area contributed by atoms with Gasteiger partial charge in [0.25, 0.3) is 11.1 Å². The van der Waals surface area contributed by atoms with Gasteiger partial charge in [0.15, 0.2) is 11.2 Å². The van der Waals surface area contributed by atoms with Crippen molar-refractivity contribution >= 4 is 35.0 Å². The Morgan fingerprint density at radius 1 is 1.19 bits per heavy atom. The van der Waals surface area contributed by atoms with Crippen LogP contribution in [0.5, 0.6) is 11.5 Å². The fourth-order valence-electron chi connectivity index (χ4n) is 2.68. The molecule has 1 aliphatic heterocycles. The Morgan fingerprint density at radius 2 is 1.94 bits per heavy atom. The number of rotatable bonds is 4. The Morgan fingerprint density at radius 3 is 2.58 bits per heavy atom. The summed E-state index contributed by atoms with van der Waals surface area (Å²) < 4.78 is 8.02. The number of hydrogen-bond acceptors (Lipinski definition) is 8. The maximum Gasteiger partial charge on any atom is 0.349 e. The van der Waals surface area contributed by atoms with Gasteiger partial charge in [-0.2, -0.15) is 9.94 Å². The van der Waals surface area contributed by atoms with Gasteiger partial charge in [-0.05, 0) is 23.6 Å². The number of ether oxygens (including phenoxy) is 1. The minimum Gasteiger partial charge on any atom is -0.453 e. The molecule has 1 atom stereocenters. The molecule has 0 spiro atoms. The third kappa shape index (κ3) is 4.09. The van der Waals surface area contributed by atoms with Gasteiger partial charge in [-0.25, -0.2) is 4.79 Å². The molecule has 1 aromatic carbocycles. The Balaban J connectivity index is 1.70. The summed E-state index contributed by atoms with van der Waals surface area (Å²) >= 11 is 14.0. The number of hydrogen-bond donors (Lipinski definition) is 2. The number of halogens is 2. The molecule has 10 nitrogen and oxygen atoms in total. The van der Waals surface area contributed by atoms with Gasteiger partial charge in [0.1, 0.15) is 11.8 Å². The molecule has 0 amide bonds. The van der Waals surface area contributed by atoms with Crippen molar-refractivity contribution in [1.29, 1.82) is 5.26 Å². The third-order valence-electron chi connectivity index (χ3n) is 4.06. The molecule has 4 rings (SSSR count). The van der Waals surface area contributed by atoms with Crippen LogP contribution in [0, 0.1) is 11.3 Å². The molecule has 3 heterocycles. The first-order valence-electron chi connectivity index (χ1n) is 8.47. The van der Waals surface area contributed by atoms with E-state index >= 15 is 0 Å². The third-order valence-corrected chi connectivity index (χ3v) is 5.54. The van der Waals surface area contributed by atoms with E-state index in [0.717, 1.165) is 4.68 Å². The van der Waals surface area contributed by atoms with Crippen molar-refractivity contribution in [2.24, 2.45) is 0 Å². The summed E-state index contributed by atoms with van der Waals surface area (Å²) in [6.45, 7) is 0. The molecule has 0 saturated carbocycles. The minimum atomic E-state index is -0.902. The number of nitriles is 1. The van der Waals surface area contributed by atoms with E-state index < -0.39 is 16.9 Å². The number of aromatic nitrogens is 4. The van der Waals surface area contributed by atoms with Gasteiger partial charge in [0, 0.05) is 12.3 Å². The summed E-state index contributed by atoms with van der Waals surface area (Å²) in [5, 5.41) is 17.6. The zero-order valence-corrected chi connectivity index (χ0v) is 17.5. The van der Waals surface area contributed by atoms with E-state index in [-0.39, 0.29) is 32.5 Å². The van der Waals surface area contributed by atoms with Crippen LogP contribution in [0.2, 0.25) is 10.0 Å². The minimum absolute atomic E-state index is 0.0358. The second-order valence-electron chi connectivity index (χ2n) is 6.04. The van der Waals surface area contributed by atoms with E-state index in [9.17, 15) is 14.4 Å². The molecular weight excluding hydrogens is 467 g/mol. The van der Waals surface area contributed by atoms with Crippen molar-refractivity contribution in [2.75, 3.05) is 0 Å². The lowest BCUT2D eigenvalue weighted by Crippen LogP contribution is -2.33. The summed E-state index contributed by atoms with van der Waals surface area (Å²) in [5.74, 6) is 0.386. The summed E-state index contributed by atoms with van der Waals surface area (Å²) in [6.07, 6.45) is 3.24. The molecule has 156 valence electrons. The van der Waals surface area contributed by atoms with Crippen LogP contribution < -0.4 is 26.9 Å². The van der Waals surface area contributed by atoms with Crippen molar-refractivity contribution in [3.63, 3.8) is 0 Å². The standard InChI is InChI=1S/C18H10Cl2N6O4S/c19-11-5-9(26-17(29)23-16(28)13(7-21)24-26)6-12(20)15(11)30-10-1-2-14(27)25(8-10)18-22-3-4-31-18/h1-6,8,18,22H,(H,23,28,29). The first-order chi connectivity index (χ1) is 14.9. The second-order valence-corrected chi connectivity index (χ2v) is 7.85. The quantitative estimate of drug-likeness (QED) is 0.585. The maximum atomic E-state index is 12.1. The highest BCUT2D eigenvalue weighted by atomic mass is 35.5. The summed E-state index contributed by atoms with van der Waals surface area (Å²) in [7, 11) is 0. The number of pyridine rings is 1. The van der Waals surface area contributed by atoms with Gasteiger partial charge in [-0.3, -0.25) is 19.1 Å². The molecule has 2 aromatic heterocycles. The van der Waals surface area contributed by atoms with Crippen LogP contribution in [0.3, 0.4) is 0 Å². The van der Waals surface area contributed by atoms with Crippen LogP contribution in [0.15, 0.2) is 56.5 Å². The van der Waals surface area contributed by atoms with E-state index in [1.807, 2.05) is 10.4 Å².